The molecule has 0 spiro atoms. The van der Waals surface area contributed by atoms with Crippen molar-refractivity contribution in [2.75, 3.05) is 23.3 Å². The average Bonchev–Trinajstić information content (AvgIpc) is 2.69. The van der Waals surface area contributed by atoms with E-state index in [9.17, 15) is 17.6 Å². The number of rotatable bonds is 6. The van der Waals surface area contributed by atoms with Gasteiger partial charge in [-0.25, -0.2) is 17.5 Å². The van der Waals surface area contributed by atoms with Gasteiger partial charge in [-0.3, -0.25) is 4.79 Å². The first-order valence-corrected chi connectivity index (χ1v) is 12.6. The maximum Gasteiger partial charge on any atom is 0.227 e. The van der Waals surface area contributed by atoms with Gasteiger partial charge in [-0.05, 0) is 71.6 Å². The quantitative estimate of drug-likeness (QED) is 0.688. The van der Waals surface area contributed by atoms with E-state index in [4.69, 9.17) is 4.74 Å². The third kappa shape index (κ3) is 6.17. The number of halogens is 1. The van der Waals surface area contributed by atoms with Gasteiger partial charge in [-0.2, -0.15) is 0 Å². The molecule has 9 heteroatoms. The van der Waals surface area contributed by atoms with Gasteiger partial charge in [0.25, 0.3) is 0 Å². The molecule has 0 aromatic heterocycles. The summed E-state index contributed by atoms with van der Waals surface area (Å²) in [6.07, 6.45) is 2.48. The fraction of sp³-hybridized carbons (Fsp3) is 0.682. The second kappa shape index (κ2) is 9.83. The van der Waals surface area contributed by atoms with Crippen molar-refractivity contribution in [3.63, 3.8) is 0 Å². The number of nitrogens with one attached hydrogen (secondary N) is 2. The van der Waals surface area contributed by atoms with Crippen LogP contribution in [0.15, 0.2) is 18.2 Å². The second-order valence-electron chi connectivity index (χ2n) is 9.08. The van der Waals surface area contributed by atoms with Gasteiger partial charge in [0.2, 0.25) is 15.9 Å². The van der Waals surface area contributed by atoms with Crippen LogP contribution in [0, 0.1) is 11.7 Å². The van der Waals surface area contributed by atoms with Crippen molar-refractivity contribution in [3.8, 4) is 0 Å². The first kappa shape index (κ1) is 23.9. The average molecular weight is 456 g/mol. The lowest BCUT2D eigenvalue weighted by Gasteiger charge is -2.37. The minimum absolute atomic E-state index is 0.0753. The predicted octanol–water partition coefficient (Wildman–Crippen LogP) is 3.26. The van der Waals surface area contributed by atoms with Crippen molar-refractivity contribution in [1.29, 1.82) is 0 Å². The van der Waals surface area contributed by atoms with Crippen molar-refractivity contribution in [1.82, 2.24) is 4.72 Å². The van der Waals surface area contributed by atoms with Gasteiger partial charge in [0.05, 0.1) is 23.1 Å². The minimum atomic E-state index is -3.32. The van der Waals surface area contributed by atoms with Gasteiger partial charge in [-0.15, -0.1) is 0 Å². The van der Waals surface area contributed by atoms with Gasteiger partial charge in [-0.1, -0.05) is 0 Å². The Kier molecular flexibility index (Phi) is 7.59. The fourth-order valence-electron chi connectivity index (χ4n) is 4.27. The highest BCUT2D eigenvalue weighted by molar-refractivity contribution is 7.90. The minimum Gasteiger partial charge on any atom is -0.372 e. The first-order chi connectivity index (χ1) is 14.5. The SMILES string of the molecule is CC1CN(c2ccc(NC(=O)C3CCC(NS(=O)(=O)C(C)C)CC3)c(F)c2)CC(C)O1. The van der Waals surface area contributed by atoms with E-state index in [1.165, 1.54) is 6.07 Å². The molecule has 0 radical (unpaired) electrons. The summed E-state index contributed by atoms with van der Waals surface area (Å²) < 4.78 is 47.2. The number of hydrogen-bond acceptors (Lipinski definition) is 5. The molecule has 2 N–H and O–H groups in total. The highest BCUT2D eigenvalue weighted by Crippen LogP contribution is 2.29. The molecule has 2 aliphatic rings. The molecule has 2 unspecified atom stereocenters. The molecule has 1 heterocycles. The molecular formula is C22H34FN3O4S. The van der Waals surface area contributed by atoms with Crippen molar-refractivity contribution in [3.05, 3.63) is 24.0 Å². The van der Waals surface area contributed by atoms with Crippen LogP contribution in [0.5, 0.6) is 0 Å². The Labute approximate surface area is 184 Å². The Morgan fingerprint density at radius 2 is 1.74 bits per heavy atom. The molecule has 1 aliphatic carbocycles. The normalized spacial score (nSPS) is 27.4. The molecule has 2 atom stereocenters. The highest BCUT2D eigenvalue weighted by atomic mass is 32.2. The third-order valence-corrected chi connectivity index (χ3v) is 7.95. The summed E-state index contributed by atoms with van der Waals surface area (Å²) in [7, 11) is -3.32. The zero-order valence-electron chi connectivity index (χ0n) is 18.7. The molecule has 31 heavy (non-hydrogen) atoms. The maximum absolute atomic E-state index is 14.7. The summed E-state index contributed by atoms with van der Waals surface area (Å²) in [5.74, 6) is -0.929. The van der Waals surface area contributed by atoms with Crippen LogP contribution in [0.4, 0.5) is 15.8 Å². The summed E-state index contributed by atoms with van der Waals surface area (Å²) >= 11 is 0. The van der Waals surface area contributed by atoms with E-state index >= 15 is 0 Å². The van der Waals surface area contributed by atoms with Crippen LogP contribution in [0.1, 0.15) is 53.4 Å². The molecule has 7 nitrogen and oxygen atoms in total. The monoisotopic (exact) mass is 455 g/mol. The van der Waals surface area contributed by atoms with Gasteiger partial charge in [0, 0.05) is 30.7 Å². The van der Waals surface area contributed by atoms with Gasteiger partial charge in [0.1, 0.15) is 5.82 Å². The molecule has 1 saturated heterocycles. The van der Waals surface area contributed by atoms with Gasteiger partial charge in [0.15, 0.2) is 0 Å². The Morgan fingerprint density at radius 1 is 1.13 bits per heavy atom. The number of benzene rings is 1. The highest BCUT2D eigenvalue weighted by Gasteiger charge is 2.30. The molecule has 174 valence electrons. The summed E-state index contributed by atoms with van der Waals surface area (Å²) in [5, 5.41) is 2.23. The molecule has 2 fully saturated rings. The van der Waals surface area contributed by atoms with Crippen molar-refractivity contribution in [2.45, 2.75) is 76.9 Å². The van der Waals surface area contributed by atoms with Crippen LogP contribution in [0.2, 0.25) is 0 Å². The van der Waals surface area contributed by atoms with E-state index in [0.717, 1.165) is 5.69 Å². The number of nitrogens with zero attached hydrogens (tertiary/aromatic N) is 1. The Morgan fingerprint density at radius 3 is 2.29 bits per heavy atom. The zero-order chi connectivity index (χ0) is 22.8. The predicted molar refractivity (Wildman–Crippen MR) is 120 cm³/mol. The summed E-state index contributed by atoms with van der Waals surface area (Å²) in [4.78, 5) is 14.7. The number of ether oxygens (including phenoxy) is 1. The largest absolute Gasteiger partial charge is 0.372 e. The Balaban J connectivity index is 1.55. The molecular weight excluding hydrogens is 421 g/mol. The van der Waals surface area contributed by atoms with Crippen LogP contribution in [-0.4, -0.2) is 50.9 Å². The number of carbonyl (C=O) groups excluding carboxylic acids is 1. The number of carbonyl (C=O) groups is 1. The number of sulfonamides is 1. The molecule has 1 aliphatic heterocycles. The summed E-state index contributed by atoms with van der Waals surface area (Å²) in [6, 6.07) is 4.74. The van der Waals surface area contributed by atoms with E-state index in [0.29, 0.717) is 38.8 Å². The lowest BCUT2D eigenvalue weighted by molar-refractivity contribution is -0.120. The molecule has 1 saturated carbocycles. The molecule has 1 amide bonds. The molecule has 1 aromatic carbocycles. The number of hydrogen-bond donors (Lipinski definition) is 2. The van der Waals surface area contributed by atoms with Crippen molar-refractivity contribution in [2.24, 2.45) is 5.92 Å². The van der Waals surface area contributed by atoms with Crippen LogP contribution >= 0.6 is 0 Å². The first-order valence-electron chi connectivity index (χ1n) is 11.1. The standard InChI is InChI=1S/C22H34FN3O4S/c1-14(2)31(28,29)25-18-7-5-17(6-8-18)22(27)24-21-10-9-19(11-20(21)23)26-12-15(3)30-16(4)13-26/h9-11,14-18,25H,5-8,12-13H2,1-4H3,(H,24,27). The third-order valence-electron chi connectivity index (χ3n) is 6.04. The maximum atomic E-state index is 14.7. The van der Waals surface area contributed by atoms with Crippen LogP contribution in [-0.2, 0) is 19.6 Å². The summed E-state index contributed by atoms with van der Waals surface area (Å²) in [5.41, 5.74) is 0.946. The fourth-order valence-corrected chi connectivity index (χ4v) is 5.24. The van der Waals surface area contributed by atoms with Crippen LogP contribution in [0.3, 0.4) is 0 Å². The molecule has 1 aromatic rings. The van der Waals surface area contributed by atoms with Crippen LogP contribution < -0.4 is 14.9 Å². The van der Waals surface area contributed by atoms with E-state index in [2.05, 4.69) is 14.9 Å². The Hall–Kier alpha value is -1.71. The zero-order valence-corrected chi connectivity index (χ0v) is 19.5. The topological polar surface area (TPSA) is 87.7 Å². The number of morpholine rings is 1. The lowest BCUT2D eigenvalue weighted by atomic mass is 9.86. The van der Waals surface area contributed by atoms with Crippen molar-refractivity contribution < 1.29 is 22.3 Å². The second-order valence-corrected chi connectivity index (χ2v) is 11.3. The van der Waals surface area contributed by atoms with Gasteiger partial charge >= 0.3 is 0 Å². The van der Waals surface area contributed by atoms with E-state index in [1.54, 1.807) is 19.9 Å². The number of amides is 1. The van der Waals surface area contributed by atoms with E-state index in [-0.39, 0.29) is 35.8 Å². The van der Waals surface area contributed by atoms with E-state index < -0.39 is 21.1 Å². The van der Waals surface area contributed by atoms with Crippen molar-refractivity contribution >= 4 is 27.3 Å². The lowest BCUT2D eigenvalue weighted by Crippen LogP contribution is -2.45. The molecule has 3 rings (SSSR count). The van der Waals surface area contributed by atoms with Gasteiger partial charge < -0.3 is 15.0 Å². The molecule has 0 bridgehead atoms. The summed E-state index contributed by atoms with van der Waals surface area (Å²) in [6.45, 7) is 8.66. The number of anilines is 2. The Bertz CT molecular complexity index is 875. The smallest absolute Gasteiger partial charge is 0.227 e. The van der Waals surface area contributed by atoms with E-state index in [1.807, 2.05) is 19.9 Å². The van der Waals surface area contributed by atoms with Crippen LogP contribution in [0.25, 0.3) is 0 Å².